The monoisotopic (exact) mass is 360 g/mol. The summed E-state index contributed by atoms with van der Waals surface area (Å²) in [7, 11) is 3.95. The molecule has 1 unspecified atom stereocenters. The Labute approximate surface area is 154 Å². The van der Waals surface area contributed by atoms with E-state index in [1.807, 2.05) is 37.7 Å². The van der Waals surface area contributed by atoms with Crippen molar-refractivity contribution in [2.24, 2.45) is 0 Å². The fourth-order valence-corrected chi connectivity index (χ4v) is 3.77. The van der Waals surface area contributed by atoms with E-state index >= 15 is 0 Å². The Morgan fingerprint density at radius 3 is 2.77 bits per heavy atom. The Bertz CT molecular complexity index is 705. The summed E-state index contributed by atoms with van der Waals surface area (Å²) in [4.78, 5) is 40.0. The van der Waals surface area contributed by atoms with Crippen LogP contribution in [0.1, 0.15) is 30.4 Å². The predicted molar refractivity (Wildman–Crippen MR) is 98.9 cm³/mol. The van der Waals surface area contributed by atoms with Gasteiger partial charge in [-0.1, -0.05) is 6.92 Å². The Morgan fingerprint density at radius 2 is 2.08 bits per heavy atom. The predicted octanol–water partition coefficient (Wildman–Crippen LogP) is -0.0539. The second-order valence-electron chi connectivity index (χ2n) is 7.12. The second kappa shape index (κ2) is 7.57. The molecule has 1 fully saturated rings. The molecule has 0 radical (unpaired) electrons. The number of likely N-dealkylation sites (N-methyl/N-ethyl adjacent to an activating group) is 1. The molecule has 1 aromatic heterocycles. The summed E-state index contributed by atoms with van der Waals surface area (Å²) < 4.78 is 0. The molecule has 8 nitrogen and oxygen atoms in total. The molecule has 0 aromatic carbocycles. The number of amides is 2. The number of rotatable bonds is 4. The van der Waals surface area contributed by atoms with E-state index in [9.17, 15) is 9.59 Å². The number of carbonyl (C=O) groups excluding carboxylic acids is 2. The lowest BCUT2D eigenvalue weighted by atomic mass is 10.0. The minimum Gasteiger partial charge on any atom is -0.362 e. The van der Waals surface area contributed by atoms with Crippen LogP contribution in [0.25, 0.3) is 0 Å². The van der Waals surface area contributed by atoms with Crippen LogP contribution < -0.4 is 10.2 Å². The van der Waals surface area contributed by atoms with Crippen LogP contribution in [0.15, 0.2) is 0 Å². The molecule has 2 aliphatic heterocycles. The number of nitrogens with one attached hydrogen (secondary N) is 1. The van der Waals surface area contributed by atoms with Crippen LogP contribution in [0.2, 0.25) is 0 Å². The number of nitrogens with zero attached hydrogens (tertiary/aromatic N) is 5. The molecule has 1 atom stereocenters. The van der Waals surface area contributed by atoms with E-state index in [1.54, 1.807) is 0 Å². The van der Waals surface area contributed by atoms with Crippen molar-refractivity contribution in [1.82, 2.24) is 25.1 Å². The minimum atomic E-state index is -0.368. The van der Waals surface area contributed by atoms with Crippen molar-refractivity contribution in [3.05, 3.63) is 17.1 Å². The van der Waals surface area contributed by atoms with Gasteiger partial charge in [-0.3, -0.25) is 14.5 Å². The molecule has 3 rings (SSSR count). The maximum absolute atomic E-state index is 12.9. The first-order chi connectivity index (χ1) is 12.4. The van der Waals surface area contributed by atoms with Crippen molar-refractivity contribution in [1.29, 1.82) is 0 Å². The maximum Gasteiger partial charge on any atom is 0.237 e. The van der Waals surface area contributed by atoms with Gasteiger partial charge in [0.15, 0.2) is 0 Å². The van der Waals surface area contributed by atoms with Crippen LogP contribution in [0.5, 0.6) is 0 Å². The van der Waals surface area contributed by atoms with Gasteiger partial charge in [-0.15, -0.1) is 0 Å². The van der Waals surface area contributed by atoms with Gasteiger partial charge in [-0.25, -0.2) is 9.97 Å². The first-order valence-corrected chi connectivity index (χ1v) is 9.24. The zero-order valence-electron chi connectivity index (χ0n) is 16.1. The summed E-state index contributed by atoms with van der Waals surface area (Å²) >= 11 is 0. The van der Waals surface area contributed by atoms with Gasteiger partial charge in [-0.05, 0) is 19.9 Å². The average molecular weight is 360 g/mol. The SMILES string of the molecule is CCN1CCNC(=O)C1CC(=O)N1CCc2c(nc(C)nc2N(C)C)C1. The number of fused-ring (bicyclic) bond motifs is 1. The van der Waals surface area contributed by atoms with E-state index in [-0.39, 0.29) is 24.3 Å². The molecule has 3 heterocycles. The Kier molecular flexibility index (Phi) is 5.41. The van der Waals surface area contributed by atoms with E-state index in [0.29, 0.717) is 25.5 Å². The van der Waals surface area contributed by atoms with Crippen LogP contribution in [0, 0.1) is 6.92 Å². The summed E-state index contributed by atoms with van der Waals surface area (Å²) in [6, 6.07) is -0.368. The summed E-state index contributed by atoms with van der Waals surface area (Å²) in [5, 5.41) is 2.87. The van der Waals surface area contributed by atoms with E-state index in [0.717, 1.165) is 36.6 Å². The summed E-state index contributed by atoms with van der Waals surface area (Å²) in [5.41, 5.74) is 2.04. The largest absolute Gasteiger partial charge is 0.362 e. The fourth-order valence-electron chi connectivity index (χ4n) is 3.77. The molecule has 1 N–H and O–H groups in total. The molecule has 2 aliphatic rings. The number of anilines is 1. The molecule has 1 saturated heterocycles. The van der Waals surface area contributed by atoms with Gasteiger partial charge < -0.3 is 15.1 Å². The Hall–Kier alpha value is -2.22. The molecular formula is C18H28N6O2. The third-order valence-electron chi connectivity index (χ3n) is 5.15. The van der Waals surface area contributed by atoms with Gasteiger partial charge in [0, 0.05) is 39.3 Å². The van der Waals surface area contributed by atoms with Crippen LogP contribution in [-0.2, 0) is 22.6 Å². The third-order valence-corrected chi connectivity index (χ3v) is 5.15. The number of aromatic nitrogens is 2. The lowest BCUT2D eigenvalue weighted by Gasteiger charge is -2.36. The van der Waals surface area contributed by atoms with Crippen molar-refractivity contribution in [2.45, 2.75) is 39.3 Å². The van der Waals surface area contributed by atoms with E-state index < -0.39 is 0 Å². The van der Waals surface area contributed by atoms with Crippen molar-refractivity contribution in [3.63, 3.8) is 0 Å². The van der Waals surface area contributed by atoms with E-state index in [4.69, 9.17) is 0 Å². The number of aryl methyl sites for hydroxylation is 1. The topological polar surface area (TPSA) is 81.7 Å². The summed E-state index contributed by atoms with van der Waals surface area (Å²) in [6.07, 6.45) is 0.961. The molecule has 1 aromatic rings. The normalized spacial score (nSPS) is 20.5. The lowest BCUT2D eigenvalue weighted by Crippen LogP contribution is -2.56. The standard InChI is InChI=1S/C18H28N6O2/c1-5-23-9-7-19-18(26)15(23)10-16(25)24-8-6-13-14(11-24)20-12(2)21-17(13)22(3)4/h15H,5-11H2,1-4H3,(H,19,26). The highest BCUT2D eigenvalue weighted by Gasteiger charge is 2.33. The highest BCUT2D eigenvalue weighted by atomic mass is 16.2. The van der Waals surface area contributed by atoms with Gasteiger partial charge in [0.1, 0.15) is 11.6 Å². The van der Waals surface area contributed by atoms with Crippen molar-refractivity contribution in [3.8, 4) is 0 Å². The van der Waals surface area contributed by atoms with Crippen molar-refractivity contribution < 1.29 is 9.59 Å². The molecule has 2 amide bonds. The molecule has 26 heavy (non-hydrogen) atoms. The first-order valence-electron chi connectivity index (χ1n) is 9.24. The maximum atomic E-state index is 12.9. The molecular weight excluding hydrogens is 332 g/mol. The molecule has 0 bridgehead atoms. The van der Waals surface area contributed by atoms with Gasteiger partial charge >= 0.3 is 0 Å². The van der Waals surface area contributed by atoms with Gasteiger partial charge in [-0.2, -0.15) is 0 Å². The number of hydrogen-bond donors (Lipinski definition) is 1. The van der Waals surface area contributed by atoms with Crippen LogP contribution in [0.4, 0.5) is 5.82 Å². The molecule has 0 spiro atoms. The van der Waals surface area contributed by atoms with E-state index in [2.05, 4.69) is 20.2 Å². The Balaban J connectivity index is 1.74. The van der Waals surface area contributed by atoms with Gasteiger partial charge in [0.2, 0.25) is 11.8 Å². The quantitative estimate of drug-likeness (QED) is 0.811. The molecule has 0 aliphatic carbocycles. The number of carbonyl (C=O) groups is 2. The van der Waals surface area contributed by atoms with Crippen molar-refractivity contribution >= 4 is 17.6 Å². The fraction of sp³-hybridized carbons (Fsp3) is 0.667. The molecule has 8 heteroatoms. The van der Waals surface area contributed by atoms with E-state index in [1.165, 1.54) is 0 Å². The van der Waals surface area contributed by atoms with Crippen LogP contribution >= 0.6 is 0 Å². The summed E-state index contributed by atoms with van der Waals surface area (Å²) in [6.45, 7) is 7.24. The van der Waals surface area contributed by atoms with Gasteiger partial charge in [0.05, 0.1) is 24.7 Å². The first kappa shape index (κ1) is 18.6. The second-order valence-corrected chi connectivity index (χ2v) is 7.12. The van der Waals surface area contributed by atoms with Gasteiger partial charge in [0.25, 0.3) is 0 Å². The summed E-state index contributed by atoms with van der Waals surface area (Å²) in [5.74, 6) is 1.62. The van der Waals surface area contributed by atoms with Crippen LogP contribution in [-0.4, -0.2) is 77.9 Å². The Morgan fingerprint density at radius 1 is 1.31 bits per heavy atom. The zero-order chi connectivity index (χ0) is 18.8. The minimum absolute atomic E-state index is 0.0128. The number of hydrogen-bond acceptors (Lipinski definition) is 6. The van der Waals surface area contributed by atoms with Crippen LogP contribution in [0.3, 0.4) is 0 Å². The number of piperazine rings is 1. The molecule has 142 valence electrons. The average Bonchev–Trinajstić information content (AvgIpc) is 2.61. The zero-order valence-corrected chi connectivity index (χ0v) is 16.1. The highest BCUT2D eigenvalue weighted by molar-refractivity contribution is 5.89. The lowest BCUT2D eigenvalue weighted by molar-refractivity contribution is -0.139. The van der Waals surface area contributed by atoms with Crippen molar-refractivity contribution in [2.75, 3.05) is 45.2 Å². The molecule has 0 saturated carbocycles. The smallest absolute Gasteiger partial charge is 0.237 e. The third kappa shape index (κ3) is 3.65. The highest BCUT2D eigenvalue weighted by Crippen LogP contribution is 2.26.